The highest BCUT2D eigenvalue weighted by atomic mass is 19.1. The molecule has 0 unspecified atom stereocenters. The fraction of sp³-hybridized carbons (Fsp3) is 0.263. The van der Waals surface area contributed by atoms with E-state index in [0.29, 0.717) is 30.7 Å². The summed E-state index contributed by atoms with van der Waals surface area (Å²) in [5.74, 6) is 0.359. The van der Waals surface area contributed by atoms with Crippen LogP contribution in [0.15, 0.2) is 36.4 Å². The van der Waals surface area contributed by atoms with Crippen molar-refractivity contribution < 1.29 is 13.9 Å². The normalized spacial score (nSPS) is 13.4. The van der Waals surface area contributed by atoms with Crippen molar-refractivity contribution in [2.75, 3.05) is 11.4 Å². The fourth-order valence-corrected chi connectivity index (χ4v) is 3.00. The summed E-state index contributed by atoms with van der Waals surface area (Å²) in [7, 11) is 0. The Morgan fingerprint density at radius 2 is 2.12 bits per heavy atom. The van der Waals surface area contributed by atoms with Gasteiger partial charge in [0.05, 0.1) is 17.3 Å². The van der Waals surface area contributed by atoms with Crippen molar-refractivity contribution in [2.24, 2.45) is 0 Å². The number of carbonyl (C=O) groups excluding carboxylic acids is 1. The number of rotatable bonds is 4. The van der Waals surface area contributed by atoms with E-state index >= 15 is 0 Å². The number of halogens is 1. The summed E-state index contributed by atoms with van der Waals surface area (Å²) in [5, 5.41) is 8.92. The molecule has 0 aliphatic carbocycles. The third-order valence-corrected chi connectivity index (χ3v) is 4.09. The van der Waals surface area contributed by atoms with E-state index in [1.54, 1.807) is 11.0 Å². The van der Waals surface area contributed by atoms with Crippen LogP contribution >= 0.6 is 0 Å². The van der Waals surface area contributed by atoms with Gasteiger partial charge in [0.2, 0.25) is 5.91 Å². The molecule has 0 radical (unpaired) electrons. The molecule has 4 nitrogen and oxygen atoms in total. The zero-order valence-corrected chi connectivity index (χ0v) is 13.4. The number of benzene rings is 2. The van der Waals surface area contributed by atoms with Crippen molar-refractivity contribution in [2.45, 2.75) is 26.4 Å². The van der Waals surface area contributed by atoms with Crippen LogP contribution < -0.4 is 9.64 Å². The lowest BCUT2D eigenvalue weighted by atomic mass is 10.00. The van der Waals surface area contributed by atoms with Crippen LogP contribution in [0.4, 0.5) is 10.1 Å². The summed E-state index contributed by atoms with van der Waals surface area (Å²) < 4.78 is 19.4. The van der Waals surface area contributed by atoms with Crippen LogP contribution in [0.2, 0.25) is 0 Å². The number of carbonyl (C=O) groups is 1. The molecule has 0 aromatic heterocycles. The molecule has 2 aromatic carbocycles. The first kappa shape index (κ1) is 16.0. The standard InChI is InChI=1S/C19H17FN2O2/c1-2-22-17-4-3-5-18(16(17)6-7-19(22)23)24-12-14-8-13(11-21)9-15(20)10-14/h3-5,8-10H,2,6-7,12H2,1H3. The summed E-state index contributed by atoms with van der Waals surface area (Å²) in [4.78, 5) is 13.8. The SMILES string of the molecule is CCN1C(=O)CCc2c(OCc3cc(F)cc(C#N)c3)cccc21. The quantitative estimate of drug-likeness (QED) is 0.864. The molecule has 0 N–H and O–H groups in total. The highest BCUT2D eigenvalue weighted by molar-refractivity contribution is 5.96. The zero-order chi connectivity index (χ0) is 17.1. The van der Waals surface area contributed by atoms with E-state index in [9.17, 15) is 9.18 Å². The number of hydrogen-bond donors (Lipinski definition) is 0. The van der Waals surface area contributed by atoms with Crippen LogP contribution in [0.1, 0.15) is 30.0 Å². The fourth-order valence-electron chi connectivity index (χ4n) is 3.00. The summed E-state index contributed by atoms with van der Waals surface area (Å²) in [5.41, 5.74) is 2.74. The molecule has 5 heteroatoms. The Kier molecular flexibility index (Phi) is 4.48. The van der Waals surface area contributed by atoms with Gasteiger partial charge >= 0.3 is 0 Å². The average molecular weight is 324 g/mol. The maximum Gasteiger partial charge on any atom is 0.227 e. The van der Waals surface area contributed by atoms with E-state index in [1.165, 1.54) is 12.1 Å². The van der Waals surface area contributed by atoms with Gasteiger partial charge in [0.25, 0.3) is 0 Å². The molecule has 24 heavy (non-hydrogen) atoms. The minimum Gasteiger partial charge on any atom is -0.489 e. The van der Waals surface area contributed by atoms with Crippen molar-refractivity contribution in [3.63, 3.8) is 0 Å². The van der Waals surface area contributed by atoms with Crippen LogP contribution in [0.25, 0.3) is 0 Å². The highest BCUT2D eigenvalue weighted by Crippen LogP contribution is 2.35. The average Bonchev–Trinajstić information content (AvgIpc) is 2.59. The smallest absolute Gasteiger partial charge is 0.227 e. The van der Waals surface area contributed by atoms with Gasteiger partial charge in [-0.25, -0.2) is 4.39 Å². The van der Waals surface area contributed by atoms with Crippen LogP contribution in [0.3, 0.4) is 0 Å². The number of nitrogens with zero attached hydrogens (tertiary/aromatic N) is 2. The van der Waals surface area contributed by atoms with E-state index < -0.39 is 5.82 Å². The molecule has 0 saturated heterocycles. The molecule has 0 saturated carbocycles. The third-order valence-electron chi connectivity index (χ3n) is 4.09. The largest absolute Gasteiger partial charge is 0.489 e. The molecule has 3 rings (SSSR count). The topological polar surface area (TPSA) is 53.3 Å². The van der Waals surface area contributed by atoms with Crippen LogP contribution in [-0.2, 0) is 17.8 Å². The lowest BCUT2D eigenvalue weighted by Crippen LogP contribution is -2.34. The van der Waals surface area contributed by atoms with Crippen molar-refractivity contribution >= 4 is 11.6 Å². The van der Waals surface area contributed by atoms with E-state index in [0.717, 1.165) is 11.3 Å². The molecule has 0 atom stereocenters. The number of nitriles is 1. The van der Waals surface area contributed by atoms with Crippen molar-refractivity contribution in [3.8, 4) is 11.8 Å². The molecule has 1 heterocycles. The molecule has 1 aliphatic heterocycles. The molecule has 0 fully saturated rings. The van der Waals surface area contributed by atoms with Gasteiger partial charge in [0.1, 0.15) is 18.2 Å². The van der Waals surface area contributed by atoms with Crippen LogP contribution in [0, 0.1) is 17.1 Å². The first-order chi connectivity index (χ1) is 11.6. The van der Waals surface area contributed by atoms with Crippen LogP contribution in [0.5, 0.6) is 5.75 Å². The van der Waals surface area contributed by atoms with E-state index in [4.69, 9.17) is 10.00 Å². The molecule has 0 bridgehead atoms. The Labute approximate surface area is 140 Å². The first-order valence-electron chi connectivity index (χ1n) is 7.87. The second-order valence-corrected chi connectivity index (χ2v) is 5.64. The first-order valence-corrected chi connectivity index (χ1v) is 7.87. The van der Waals surface area contributed by atoms with Gasteiger partial charge in [-0.05, 0) is 49.2 Å². The maximum absolute atomic E-state index is 13.5. The van der Waals surface area contributed by atoms with Gasteiger partial charge in [-0.1, -0.05) is 6.07 Å². The van der Waals surface area contributed by atoms with Crippen molar-refractivity contribution in [3.05, 3.63) is 58.9 Å². The monoisotopic (exact) mass is 324 g/mol. The Morgan fingerprint density at radius 3 is 2.88 bits per heavy atom. The van der Waals surface area contributed by atoms with E-state index in [1.807, 2.05) is 31.2 Å². The lowest BCUT2D eigenvalue weighted by Gasteiger charge is -2.29. The lowest BCUT2D eigenvalue weighted by molar-refractivity contribution is -0.118. The number of hydrogen-bond acceptors (Lipinski definition) is 3. The Hall–Kier alpha value is -2.87. The predicted molar refractivity (Wildman–Crippen MR) is 88.2 cm³/mol. The third kappa shape index (κ3) is 3.09. The van der Waals surface area contributed by atoms with Gasteiger partial charge in [0, 0.05) is 18.5 Å². The Morgan fingerprint density at radius 1 is 1.29 bits per heavy atom. The van der Waals surface area contributed by atoms with Gasteiger partial charge in [0.15, 0.2) is 0 Å². The molecule has 0 spiro atoms. The van der Waals surface area contributed by atoms with Gasteiger partial charge < -0.3 is 9.64 Å². The number of ether oxygens (including phenoxy) is 1. The number of anilines is 1. The van der Waals surface area contributed by atoms with Crippen LogP contribution in [-0.4, -0.2) is 12.5 Å². The summed E-state index contributed by atoms with van der Waals surface area (Å²) in [6.07, 6.45) is 1.09. The molecule has 2 aromatic rings. The van der Waals surface area contributed by atoms with Crippen molar-refractivity contribution in [1.82, 2.24) is 0 Å². The number of fused-ring (bicyclic) bond motifs is 1. The second-order valence-electron chi connectivity index (χ2n) is 5.64. The van der Waals surface area contributed by atoms with E-state index in [-0.39, 0.29) is 18.1 Å². The second kappa shape index (κ2) is 6.71. The maximum atomic E-state index is 13.5. The summed E-state index contributed by atoms with van der Waals surface area (Å²) in [6.45, 7) is 2.73. The van der Waals surface area contributed by atoms with Gasteiger partial charge in [-0.15, -0.1) is 0 Å². The highest BCUT2D eigenvalue weighted by Gasteiger charge is 2.25. The Bertz CT molecular complexity index is 827. The summed E-state index contributed by atoms with van der Waals surface area (Å²) in [6, 6.07) is 11.7. The van der Waals surface area contributed by atoms with E-state index in [2.05, 4.69) is 0 Å². The predicted octanol–water partition coefficient (Wildman–Crippen LogP) is 3.58. The van der Waals surface area contributed by atoms with Gasteiger partial charge in [-0.2, -0.15) is 5.26 Å². The number of amides is 1. The minimum absolute atomic E-state index is 0.117. The molecule has 1 amide bonds. The minimum atomic E-state index is -0.453. The summed E-state index contributed by atoms with van der Waals surface area (Å²) >= 11 is 0. The Balaban J connectivity index is 1.85. The molecular weight excluding hydrogens is 307 g/mol. The zero-order valence-electron chi connectivity index (χ0n) is 13.4. The molecule has 1 aliphatic rings. The molecule has 122 valence electrons. The van der Waals surface area contributed by atoms with Crippen molar-refractivity contribution in [1.29, 1.82) is 5.26 Å². The molecular formula is C19H17FN2O2. The van der Waals surface area contributed by atoms with Gasteiger partial charge in [-0.3, -0.25) is 4.79 Å².